The third kappa shape index (κ3) is 4.59. The maximum atomic E-state index is 12.8. The normalized spacial score (nSPS) is 19.0. The molecule has 0 saturated carbocycles. The second-order valence-electron chi connectivity index (χ2n) is 6.64. The van der Waals surface area contributed by atoms with E-state index in [1.165, 1.54) is 4.90 Å². The molecule has 1 aliphatic rings. The Morgan fingerprint density at radius 1 is 1.19 bits per heavy atom. The first-order valence-electron chi connectivity index (χ1n) is 8.64. The summed E-state index contributed by atoms with van der Waals surface area (Å²) in [6.45, 7) is 3.92. The van der Waals surface area contributed by atoms with Gasteiger partial charge in [-0.05, 0) is 71.8 Å². The van der Waals surface area contributed by atoms with E-state index in [2.05, 4.69) is 27.9 Å². The lowest BCUT2D eigenvalue weighted by Crippen LogP contribution is -2.44. The van der Waals surface area contributed by atoms with Gasteiger partial charge in [-0.3, -0.25) is 9.69 Å². The van der Waals surface area contributed by atoms with Crippen molar-refractivity contribution in [1.29, 1.82) is 0 Å². The zero-order chi connectivity index (χ0) is 19.6. The molecule has 7 heteroatoms. The van der Waals surface area contributed by atoms with E-state index < -0.39 is 18.2 Å². The molecule has 0 bridgehead atoms. The fourth-order valence-corrected chi connectivity index (χ4v) is 4.16. The van der Waals surface area contributed by atoms with Crippen molar-refractivity contribution in [3.8, 4) is 5.75 Å². The van der Waals surface area contributed by atoms with Crippen LogP contribution in [0.1, 0.15) is 17.5 Å². The lowest BCUT2D eigenvalue weighted by molar-refractivity contribution is -0.119. The van der Waals surface area contributed by atoms with Crippen LogP contribution in [0.15, 0.2) is 42.5 Å². The zero-order valence-corrected chi connectivity index (χ0v) is 17.3. The second-order valence-corrected chi connectivity index (χ2v) is 7.89. The number of halogens is 1. The van der Waals surface area contributed by atoms with Crippen LogP contribution in [0.5, 0.6) is 5.75 Å². The van der Waals surface area contributed by atoms with Crippen LogP contribution in [0.2, 0.25) is 0 Å². The summed E-state index contributed by atoms with van der Waals surface area (Å²) in [6, 6.07) is 11.8. The number of carbonyl (C=O) groups is 2. The monoisotopic (exact) mass is 480 g/mol. The first-order valence-corrected chi connectivity index (χ1v) is 9.72. The Hall–Kier alpha value is -2.13. The number of nitrogens with one attached hydrogen (secondary N) is 1. The van der Waals surface area contributed by atoms with Crippen molar-refractivity contribution in [1.82, 2.24) is 4.90 Å². The van der Waals surface area contributed by atoms with Crippen LogP contribution in [-0.4, -0.2) is 40.7 Å². The minimum Gasteiger partial charge on any atom is -0.410 e. The van der Waals surface area contributed by atoms with Gasteiger partial charge in [-0.2, -0.15) is 0 Å². The highest BCUT2D eigenvalue weighted by Crippen LogP contribution is 2.26. The van der Waals surface area contributed by atoms with Gasteiger partial charge in [0, 0.05) is 15.7 Å². The summed E-state index contributed by atoms with van der Waals surface area (Å²) in [4.78, 5) is 26.6. The van der Waals surface area contributed by atoms with E-state index in [0.717, 1.165) is 20.4 Å². The molecule has 2 aromatic rings. The molecule has 2 atom stereocenters. The molecule has 27 heavy (non-hydrogen) atoms. The number of ether oxygens (including phenoxy) is 1. The highest BCUT2D eigenvalue weighted by Gasteiger charge is 2.40. The molecule has 2 aromatic carbocycles. The predicted molar refractivity (Wildman–Crippen MR) is 111 cm³/mol. The van der Waals surface area contributed by atoms with Gasteiger partial charge in [0.15, 0.2) is 0 Å². The van der Waals surface area contributed by atoms with E-state index >= 15 is 0 Å². The second kappa shape index (κ2) is 8.26. The molecule has 0 aliphatic carbocycles. The van der Waals surface area contributed by atoms with Crippen molar-refractivity contribution >= 4 is 40.3 Å². The number of carbonyl (C=O) groups excluding carboxylic acids is 2. The van der Waals surface area contributed by atoms with Gasteiger partial charge in [-0.1, -0.05) is 18.2 Å². The first-order chi connectivity index (χ1) is 12.8. The lowest BCUT2D eigenvalue weighted by Gasteiger charge is -2.23. The molecule has 3 rings (SSSR count). The van der Waals surface area contributed by atoms with E-state index in [9.17, 15) is 14.7 Å². The molecular formula is C20H21IN2O4. The van der Waals surface area contributed by atoms with Crippen molar-refractivity contribution in [2.24, 2.45) is 0 Å². The van der Waals surface area contributed by atoms with Gasteiger partial charge in [0.05, 0.1) is 12.6 Å². The summed E-state index contributed by atoms with van der Waals surface area (Å²) in [6.07, 6.45) is -1.23. The van der Waals surface area contributed by atoms with Gasteiger partial charge in [0.2, 0.25) is 5.91 Å². The van der Waals surface area contributed by atoms with Gasteiger partial charge < -0.3 is 15.2 Å². The average molecular weight is 480 g/mol. The molecule has 0 spiro atoms. The molecule has 0 radical (unpaired) electrons. The Kier molecular flexibility index (Phi) is 6.01. The fourth-order valence-electron chi connectivity index (χ4n) is 3.23. The molecule has 1 saturated heterocycles. The largest absolute Gasteiger partial charge is 0.416 e. The summed E-state index contributed by atoms with van der Waals surface area (Å²) in [5.74, 6) is 0.0661. The number of aliphatic hydroxyl groups excluding tert-OH is 1. The van der Waals surface area contributed by atoms with Gasteiger partial charge >= 0.3 is 6.09 Å². The number of amides is 2. The summed E-state index contributed by atoms with van der Waals surface area (Å²) in [7, 11) is 0. The predicted octanol–water partition coefficient (Wildman–Crippen LogP) is 3.48. The van der Waals surface area contributed by atoms with Gasteiger partial charge in [0.1, 0.15) is 11.8 Å². The third-order valence-corrected chi connectivity index (χ3v) is 5.13. The highest BCUT2D eigenvalue weighted by molar-refractivity contribution is 14.1. The summed E-state index contributed by atoms with van der Waals surface area (Å²) < 4.78 is 6.42. The number of benzene rings is 2. The van der Waals surface area contributed by atoms with Crippen LogP contribution in [0.25, 0.3) is 0 Å². The summed E-state index contributed by atoms with van der Waals surface area (Å²) in [5.41, 5.74) is 2.63. The smallest absolute Gasteiger partial charge is 0.410 e. The Balaban J connectivity index is 1.75. The SMILES string of the molecule is Cc1cc(I)cc(C)c1NC(=O)[C@H]1C[C@H](O)CN1C(=O)Oc1ccccc1. The van der Waals surface area contributed by atoms with Crippen LogP contribution < -0.4 is 10.1 Å². The quantitative estimate of drug-likeness (QED) is 0.660. The molecule has 1 heterocycles. The van der Waals surface area contributed by atoms with E-state index in [1.54, 1.807) is 24.3 Å². The minimum absolute atomic E-state index is 0.0639. The third-order valence-electron chi connectivity index (χ3n) is 4.51. The number of likely N-dealkylation sites (tertiary alicyclic amines) is 1. The number of para-hydroxylation sites is 1. The van der Waals surface area contributed by atoms with Crippen LogP contribution >= 0.6 is 22.6 Å². The number of nitrogens with zero attached hydrogens (tertiary/aromatic N) is 1. The van der Waals surface area contributed by atoms with Gasteiger partial charge in [0.25, 0.3) is 0 Å². The van der Waals surface area contributed by atoms with E-state index in [4.69, 9.17) is 4.74 Å². The molecule has 142 valence electrons. The number of rotatable bonds is 3. The molecule has 2 amide bonds. The van der Waals surface area contributed by atoms with Crippen molar-refractivity contribution in [2.75, 3.05) is 11.9 Å². The molecule has 0 aromatic heterocycles. The number of aliphatic hydroxyl groups is 1. The molecular weight excluding hydrogens is 459 g/mol. The zero-order valence-electron chi connectivity index (χ0n) is 15.1. The maximum absolute atomic E-state index is 12.8. The Morgan fingerprint density at radius 2 is 1.81 bits per heavy atom. The Morgan fingerprint density at radius 3 is 2.44 bits per heavy atom. The Bertz CT molecular complexity index is 833. The van der Waals surface area contributed by atoms with E-state index in [0.29, 0.717) is 5.75 Å². The molecule has 6 nitrogen and oxygen atoms in total. The number of hydrogen-bond donors (Lipinski definition) is 2. The molecule has 0 unspecified atom stereocenters. The van der Waals surface area contributed by atoms with Crippen LogP contribution in [0.3, 0.4) is 0 Å². The van der Waals surface area contributed by atoms with E-state index in [-0.39, 0.29) is 18.9 Å². The highest BCUT2D eigenvalue weighted by atomic mass is 127. The van der Waals surface area contributed by atoms with Crippen LogP contribution in [0, 0.1) is 17.4 Å². The van der Waals surface area contributed by atoms with Crippen molar-refractivity contribution in [3.63, 3.8) is 0 Å². The first kappa shape index (κ1) is 19.6. The lowest BCUT2D eigenvalue weighted by atomic mass is 10.1. The van der Waals surface area contributed by atoms with E-state index in [1.807, 2.05) is 32.0 Å². The average Bonchev–Trinajstić information content (AvgIpc) is 3.01. The number of hydrogen-bond acceptors (Lipinski definition) is 4. The number of β-amino-alcohol motifs (C(OH)–C–C–N with tert-alkyl or cyclic N) is 1. The molecule has 2 N–H and O–H groups in total. The van der Waals surface area contributed by atoms with Crippen molar-refractivity contribution in [3.05, 3.63) is 57.2 Å². The number of aryl methyl sites for hydroxylation is 2. The Labute approximate surface area is 171 Å². The summed E-state index contributed by atoms with van der Waals surface area (Å²) in [5, 5.41) is 12.9. The van der Waals surface area contributed by atoms with Crippen molar-refractivity contribution in [2.45, 2.75) is 32.4 Å². The topological polar surface area (TPSA) is 78.9 Å². The van der Waals surface area contributed by atoms with Gasteiger partial charge in [-0.15, -0.1) is 0 Å². The summed E-state index contributed by atoms with van der Waals surface area (Å²) >= 11 is 2.23. The molecule has 1 aliphatic heterocycles. The van der Waals surface area contributed by atoms with Crippen LogP contribution in [0.4, 0.5) is 10.5 Å². The maximum Gasteiger partial charge on any atom is 0.416 e. The minimum atomic E-state index is -0.783. The standard InChI is InChI=1S/C20H21IN2O4/c1-12-8-14(21)9-13(2)18(12)22-19(25)17-10-15(24)11-23(17)20(26)27-16-6-4-3-5-7-16/h3-9,15,17,24H,10-11H2,1-2H3,(H,22,25)/t15-,17+/m0/s1. The number of anilines is 1. The van der Waals surface area contributed by atoms with Gasteiger partial charge in [-0.25, -0.2) is 4.79 Å². The fraction of sp³-hybridized carbons (Fsp3) is 0.300. The van der Waals surface area contributed by atoms with Crippen molar-refractivity contribution < 1.29 is 19.4 Å². The van der Waals surface area contributed by atoms with Crippen LogP contribution in [-0.2, 0) is 4.79 Å². The molecule has 1 fully saturated rings.